The van der Waals surface area contributed by atoms with Crippen LogP contribution in [-0.4, -0.2) is 81.3 Å². The number of carbonyl (C=O) groups is 1. The highest BCUT2D eigenvalue weighted by atomic mass is 16.3. The molecule has 4 atom stereocenters. The molecule has 14 heteroatoms. The van der Waals surface area contributed by atoms with Crippen molar-refractivity contribution in [2.75, 3.05) is 46.6 Å². The predicted molar refractivity (Wildman–Crippen MR) is 166 cm³/mol. The third-order valence-corrected chi connectivity index (χ3v) is 7.60. The van der Waals surface area contributed by atoms with Crippen LogP contribution in [0.4, 0.5) is 29.2 Å². The molecule has 1 amide bonds. The third-order valence-electron chi connectivity index (χ3n) is 7.60. The monoisotopic (exact) mass is 584 g/mol. The van der Waals surface area contributed by atoms with Crippen LogP contribution in [0.15, 0.2) is 54.7 Å². The van der Waals surface area contributed by atoms with Crippen LogP contribution in [0.3, 0.4) is 0 Å². The minimum atomic E-state index is -0.451. The van der Waals surface area contributed by atoms with Crippen molar-refractivity contribution in [3.63, 3.8) is 0 Å². The van der Waals surface area contributed by atoms with E-state index in [0.29, 0.717) is 60.9 Å². The molecule has 224 valence electrons. The fraction of sp³-hybridized carbons (Fsp3) is 0.345. The first kappa shape index (κ1) is 28.5. The maximum Gasteiger partial charge on any atom is 0.259 e. The number of aromatic nitrogens is 4. The van der Waals surface area contributed by atoms with E-state index in [-0.39, 0.29) is 35.5 Å². The largest absolute Gasteiger partial charge is 0.505 e. The number of carbonyl (C=O) groups excluding carboxylic acids is 1. The van der Waals surface area contributed by atoms with E-state index in [0.717, 1.165) is 18.2 Å². The van der Waals surface area contributed by atoms with Crippen LogP contribution in [-0.2, 0) is 0 Å². The van der Waals surface area contributed by atoms with Gasteiger partial charge in [-0.15, -0.1) is 0 Å². The molecule has 2 fully saturated rings. The number of fused-ring (bicyclic) bond motifs is 1. The van der Waals surface area contributed by atoms with E-state index in [4.69, 9.17) is 27.9 Å². The molecule has 43 heavy (non-hydrogen) atoms. The van der Waals surface area contributed by atoms with Crippen LogP contribution >= 0.6 is 0 Å². The van der Waals surface area contributed by atoms with Crippen LogP contribution in [0, 0.1) is 0 Å². The molecule has 14 nitrogen and oxygen atoms in total. The highest BCUT2D eigenvalue weighted by Gasteiger charge is 2.29. The number of hydrogen-bond acceptors (Lipinski definition) is 13. The fourth-order valence-electron chi connectivity index (χ4n) is 5.65. The number of anilines is 5. The summed E-state index contributed by atoms with van der Waals surface area (Å²) in [6.45, 7) is 2.30. The van der Waals surface area contributed by atoms with Crippen molar-refractivity contribution in [2.45, 2.75) is 37.0 Å². The van der Waals surface area contributed by atoms with E-state index in [1.54, 1.807) is 48.7 Å². The Balaban J connectivity index is 1.22. The molecule has 2 aromatic heterocycles. The summed E-state index contributed by atoms with van der Waals surface area (Å²) in [7, 11) is 0. The molecule has 2 aliphatic heterocycles. The van der Waals surface area contributed by atoms with E-state index >= 15 is 0 Å². The highest BCUT2D eigenvalue weighted by Crippen LogP contribution is 2.28. The summed E-state index contributed by atoms with van der Waals surface area (Å²) < 4.78 is 0. The number of nitrogens with two attached hydrogens (primary N) is 4. The Morgan fingerprint density at radius 2 is 1.33 bits per heavy atom. The van der Waals surface area contributed by atoms with Gasteiger partial charge in [0, 0.05) is 73.3 Å². The smallest absolute Gasteiger partial charge is 0.259 e. The van der Waals surface area contributed by atoms with Crippen molar-refractivity contribution in [1.82, 2.24) is 19.9 Å². The molecular formula is C29H36N12O2. The van der Waals surface area contributed by atoms with Gasteiger partial charge in [-0.2, -0.15) is 15.0 Å². The first-order chi connectivity index (χ1) is 20.7. The zero-order valence-corrected chi connectivity index (χ0v) is 23.6. The zero-order valence-electron chi connectivity index (χ0n) is 23.6. The van der Waals surface area contributed by atoms with Gasteiger partial charge >= 0.3 is 0 Å². The van der Waals surface area contributed by atoms with Gasteiger partial charge in [0.2, 0.25) is 17.8 Å². The van der Waals surface area contributed by atoms with Gasteiger partial charge in [-0.3, -0.25) is 9.78 Å². The van der Waals surface area contributed by atoms with Crippen LogP contribution < -0.4 is 43.4 Å². The van der Waals surface area contributed by atoms with Crippen LogP contribution in [0.2, 0.25) is 0 Å². The quantitative estimate of drug-likeness (QED) is 0.167. The number of aromatic hydroxyl groups is 1. The van der Waals surface area contributed by atoms with Gasteiger partial charge in [-0.25, -0.2) is 0 Å². The Morgan fingerprint density at radius 3 is 1.91 bits per heavy atom. The Morgan fingerprint density at radius 1 is 0.767 bits per heavy atom. The van der Waals surface area contributed by atoms with Crippen LogP contribution in [0.1, 0.15) is 23.2 Å². The maximum atomic E-state index is 12.9. The number of phenols is 1. The number of hydrogen-bond donors (Lipinski definition) is 7. The molecule has 4 heterocycles. The Bertz CT molecular complexity index is 1550. The lowest BCUT2D eigenvalue weighted by Gasteiger charge is -2.37. The number of phenolic OH excluding ortho intramolecular Hbond substituents is 1. The third kappa shape index (κ3) is 6.41. The van der Waals surface area contributed by atoms with Crippen molar-refractivity contribution in [2.24, 2.45) is 22.9 Å². The SMILES string of the molecule is NC1CC(N)CN(c2nc(Nc3ccc(NC(=O)c4ccc5cccnc5c4O)cc3)nc(N3CC(N)CC(N)C3)n2)C1. The Labute approximate surface area is 248 Å². The van der Waals surface area contributed by atoms with Crippen molar-refractivity contribution < 1.29 is 9.90 Å². The van der Waals surface area contributed by atoms with Gasteiger partial charge < -0.3 is 48.5 Å². The lowest BCUT2D eigenvalue weighted by Crippen LogP contribution is -2.54. The molecule has 0 bridgehead atoms. The number of nitrogens with one attached hydrogen (secondary N) is 2. The first-order valence-electron chi connectivity index (χ1n) is 14.3. The van der Waals surface area contributed by atoms with E-state index in [9.17, 15) is 9.90 Å². The molecule has 0 saturated carbocycles. The van der Waals surface area contributed by atoms with Crippen molar-refractivity contribution in [1.29, 1.82) is 0 Å². The summed E-state index contributed by atoms with van der Waals surface area (Å²) in [5.74, 6) is 0.666. The van der Waals surface area contributed by atoms with Crippen molar-refractivity contribution in [3.05, 3.63) is 60.3 Å². The van der Waals surface area contributed by atoms with Crippen molar-refractivity contribution in [3.8, 4) is 5.75 Å². The van der Waals surface area contributed by atoms with Crippen LogP contribution in [0.25, 0.3) is 10.9 Å². The second-order valence-electron chi connectivity index (χ2n) is 11.3. The number of amides is 1. The number of benzene rings is 2. The average Bonchev–Trinajstić information content (AvgIpc) is 2.97. The second-order valence-corrected chi connectivity index (χ2v) is 11.3. The molecule has 2 aliphatic rings. The minimum absolute atomic E-state index is 0.0901. The number of rotatable bonds is 6. The van der Waals surface area contributed by atoms with Crippen molar-refractivity contribution >= 4 is 46.0 Å². The summed E-state index contributed by atoms with van der Waals surface area (Å²) >= 11 is 0. The average molecular weight is 585 g/mol. The standard InChI is InChI=1S/C29H36N12O2/c30-17-10-18(31)13-40(12-17)28-37-27(38-29(39-28)41-14-19(32)11-20(33)15-41)36-22-6-4-21(5-7-22)35-26(43)23-8-3-16-2-1-9-34-24(16)25(23)42/h1-9,17-20,42H,10-15,30-33H2,(H,35,43)(H,36,37,38,39). The fourth-order valence-corrected chi connectivity index (χ4v) is 5.65. The molecule has 0 radical (unpaired) electrons. The number of piperidine rings is 2. The molecule has 2 saturated heterocycles. The topological polar surface area (TPSA) is 223 Å². The van der Waals surface area contributed by atoms with E-state index in [1.165, 1.54) is 0 Å². The maximum absolute atomic E-state index is 12.9. The van der Waals surface area contributed by atoms with Gasteiger partial charge in [0.15, 0.2) is 5.75 Å². The first-order valence-corrected chi connectivity index (χ1v) is 14.3. The summed E-state index contributed by atoms with van der Waals surface area (Å²) in [6.07, 6.45) is 3.03. The van der Waals surface area contributed by atoms with E-state index in [2.05, 4.69) is 25.6 Å². The minimum Gasteiger partial charge on any atom is -0.505 e. The molecule has 6 rings (SSSR count). The molecule has 0 aliphatic carbocycles. The summed E-state index contributed by atoms with van der Waals surface area (Å²) in [4.78, 5) is 35.2. The molecule has 0 spiro atoms. The summed E-state index contributed by atoms with van der Waals surface area (Å²) in [5, 5.41) is 17.4. The van der Waals surface area contributed by atoms with Gasteiger partial charge in [-0.1, -0.05) is 12.1 Å². The normalized spacial score (nSPS) is 22.4. The highest BCUT2D eigenvalue weighted by molar-refractivity contribution is 6.09. The Hall–Kier alpha value is -4.63. The number of nitrogens with zero attached hydrogens (tertiary/aromatic N) is 6. The molecule has 11 N–H and O–H groups in total. The lowest BCUT2D eigenvalue weighted by molar-refractivity contribution is 0.102. The molecule has 2 aromatic carbocycles. The number of pyridine rings is 1. The lowest BCUT2D eigenvalue weighted by atomic mass is 10.0. The van der Waals surface area contributed by atoms with Crippen LogP contribution in [0.5, 0.6) is 5.75 Å². The van der Waals surface area contributed by atoms with E-state index < -0.39 is 5.91 Å². The molecule has 4 aromatic rings. The van der Waals surface area contributed by atoms with Gasteiger partial charge in [0.05, 0.1) is 5.56 Å². The van der Waals surface area contributed by atoms with Gasteiger partial charge in [0.1, 0.15) is 5.52 Å². The predicted octanol–water partition coefficient (Wildman–Crippen LogP) is 0.851. The summed E-state index contributed by atoms with van der Waals surface area (Å²) in [6, 6.07) is 13.6. The van der Waals surface area contributed by atoms with E-state index in [1.807, 2.05) is 15.9 Å². The Kier molecular flexibility index (Phi) is 7.90. The summed E-state index contributed by atoms with van der Waals surface area (Å²) in [5.41, 5.74) is 26.7. The second kappa shape index (κ2) is 11.9. The van der Waals surface area contributed by atoms with Gasteiger partial charge in [0.25, 0.3) is 5.91 Å². The van der Waals surface area contributed by atoms with Gasteiger partial charge in [-0.05, 0) is 49.2 Å². The zero-order chi connectivity index (χ0) is 30.1. The molecular weight excluding hydrogens is 548 g/mol. The molecule has 4 unspecified atom stereocenters.